The Bertz CT molecular complexity index is 511. The zero-order valence-corrected chi connectivity index (χ0v) is 12.9. The van der Waals surface area contributed by atoms with E-state index in [1.165, 1.54) is 0 Å². The first-order valence-corrected chi connectivity index (χ1v) is 8.39. The van der Waals surface area contributed by atoms with E-state index >= 15 is 0 Å². The molecule has 0 bridgehead atoms. The van der Waals surface area contributed by atoms with Crippen molar-refractivity contribution < 1.29 is 13.2 Å². The molecular formula is C14H23NO3S. The molecule has 0 amide bonds. The normalized spacial score (nSPS) is 13.3. The smallest absolute Gasteiger partial charge is 0.154 e. The summed E-state index contributed by atoms with van der Waals surface area (Å²) in [6.45, 7) is 6.12. The lowest BCUT2D eigenvalue weighted by molar-refractivity contribution is 0.337. The van der Waals surface area contributed by atoms with Gasteiger partial charge in [0.1, 0.15) is 5.75 Å². The maximum absolute atomic E-state index is 11.8. The summed E-state index contributed by atoms with van der Waals surface area (Å²) < 4.78 is 29.1. The van der Waals surface area contributed by atoms with Crippen LogP contribution in [0.3, 0.4) is 0 Å². The van der Waals surface area contributed by atoms with Gasteiger partial charge in [0.2, 0.25) is 0 Å². The molecule has 0 aliphatic rings. The van der Waals surface area contributed by atoms with Crippen LogP contribution in [-0.2, 0) is 15.6 Å². The van der Waals surface area contributed by atoms with Crippen molar-refractivity contribution >= 4 is 9.84 Å². The Morgan fingerprint density at radius 3 is 2.53 bits per heavy atom. The van der Waals surface area contributed by atoms with E-state index in [0.29, 0.717) is 12.4 Å². The van der Waals surface area contributed by atoms with E-state index < -0.39 is 9.84 Å². The van der Waals surface area contributed by atoms with Gasteiger partial charge >= 0.3 is 0 Å². The van der Waals surface area contributed by atoms with E-state index in [-0.39, 0.29) is 17.5 Å². The van der Waals surface area contributed by atoms with Crippen molar-refractivity contribution in [2.24, 2.45) is 0 Å². The van der Waals surface area contributed by atoms with Crippen LogP contribution in [-0.4, -0.2) is 27.8 Å². The zero-order valence-electron chi connectivity index (χ0n) is 12.1. The van der Waals surface area contributed by atoms with Crippen LogP contribution in [0.25, 0.3) is 0 Å². The summed E-state index contributed by atoms with van der Waals surface area (Å²) >= 11 is 0. The topological polar surface area (TPSA) is 55.4 Å². The summed E-state index contributed by atoms with van der Waals surface area (Å²) in [5.41, 5.74) is 1.80. The second kappa shape index (κ2) is 6.91. The summed E-state index contributed by atoms with van der Waals surface area (Å²) in [6, 6.07) is 5.92. The predicted octanol–water partition coefficient (Wildman–Crippen LogP) is 2.30. The van der Waals surface area contributed by atoms with Crippen LogP contribution in [0.5, 0.6) is 5.75 Å². The maximum atomic E-state index is 11.8. The van der Waals surface area contributed by atoms with Crippen LogP contribution < -0.4 is 10.1 Å². The Hall–Kier alpha value is -1.07. The number of rotatable bonds is 7. The lowest BCUT2D eigenvalue weighted by Gasteiger charge is -2.15. The van der Waals surface area contributed by atoms with E-state index in [9.17, 15) is 8.42 Å². The van der Waals surface area contributed by atoms with Crippen LogP contribution in [0.15, 0.2) is 18.2 Å². The fourth-order valence-electron chi connectivity index (χ4n) is 1.78. The molecule has 1 rings (SSSR count). The highest BCUT2D eigenvalue weighted by atomic mass is 32.2. The van der Waals surface area contributed by atoms with Gasteiger partial charge in [-0.1, -0.05) is 13.0 Å². The van der Waals surface area contributed by atoms with E-state index in [1.54, 1.807) is 6.92 Å². The molecule has 19 heavy (non-hydrogen) atoms. The van der Waals surface area contributed by atoms with Crippen molar-refractivity contribution in [2.75, 3.05) is 19.4 Å². The van der Waals surface area contributed by atoms with Gasteiger partial charge < -0.3 is 10.1 Å². The number of sulfone groups is 1. The molecule has 0 fully saturated rings. The molecule has 0 radical (unpaired) electrons. The van der Waals surface area contributed by atoms with Gasteiger partial charge in [-0.05, 0) is 38.6 Å². The number of hydrogen-bond donors (Lipinski definition) is 1. The minimum atomic E-state index is -3.06. The van der Waals surface area contributed by atoms with Crippen molar-refractivity contribution in [3.63, 3.8) is 0 Å². The lowest BCUT2D eigenvalue weighted by atomic mass is 10.1. The number of nitrogens with one attached hydrogen (secondary N) is 1. The van der Waals surface area contributed by atoms with Crippen LogP contribution in [0.4, 0.5) is 0 Å². The molecular weight excluding hydrogens is 262 g/mol. The summed E-state index contributed by atoms with van der Waals surface area (Å²) in [5, 5.41) is 3.15. The minimum absolute atomic E-state index is 0.0309. The third-order valence-electron chi connectivity index (χ3n) is 3.13. The molecule has 0 aliphatic carbocycles. The first kappa shape index (κ1) is 16.0. The molecule has 0 saturated heterocycles. The monoisotopic (exact) mass is 285 g/mol. The van der Waals surface area contributed by atoms with Gasteiger partial charge in [0.05, 0.1) is 12.4 Å². The van der Waals surface area contributed by atoms with Gasteiger partial charge in [0.25, 0.3) is 0 Å². The molecule has 108 valence electrons. The Labute approximate surface area is 116 Å². The van der Waals surface area contributed by atoms with Crippen molar-refractivity contribution in [3.8, 4) is 5.75 Å². The van der Waals surface area contributed by atoms with E-state index in [1.807, 2.05) is 39.1 Å². The first-order valence-electron chi connectivity index (χ1n) is 6.56. The lowest BCUT2D eigenvalue weighted by Crippen LogP contribution is -2.14. The van der Waals surface area contributed by atoms with Gasteiger partial charge in [-0.2, -0.15) is 0 Å². The Morgan fingerprint density at radius 1 is 1.32 bits per heavy atom. The first-order chi connectivity index (χ1) is 8.93. The van der Waals surface area contributed by atoms with Crippen molar-refractivity contribution in [3.05, 3.63) is 29.3 Å². The molecule has 0 heterocycles. The van der Waals surface area contributed by atoms with Gasteiger partial charge in [-0.3, -0.25) is 0 Å². The number of ether oxygens (including phenoxy) is 1. The third-order valence-corrected chi connectivity index (χ3v) is 4.76. The number of hydrogen-bond acceptors (Lipinski definition) is 4. The molecule has 4 nitrogen and oxygen atoms in total. The highest BCUT2D eigenvalue weighted by Crippen LogP contribution is 2.25. The van der Waals surface area contributed by atoms with Gasteiger partial charge in [-0.25, -0.2) is 8.42 Å². The van der Waals surface area contributed by atoms with Crippen LogP contribution >= 0.6 is 0 Å². The van der Waals surface area contributed by atoms with Gasteiger partial charge in [0.15, 0.2) is 9.84 Å². The summed E-state index contributed by atoms with van der Waals surface area (Å²) in [7, 11) is -1.18. The fraction of sp³-hybridized carbons (Fsp3) is 0.571. The van der Waals surface area contributed by atoms with Gasteiger partial charge in [0, 0.05) is 17.4 Å². The van der Waals surface area contributed by atoms with Crippen molar-refractivity contribution in [1.29, 1.82) is 0 Å². The van der Waals surface area contributed by atoms with Crippen LogP contribution in [0.2, 0.25) is 0 Å². The SMILES string of the molecule is CCOc1ccc(C(C)NC)cc1CS(=O)(=O)CC. The Morgan fingerprint density at radius 2 is 2.00 bits per heavy atom. The molecule has 0 aromatic heterocycles. The van der Waals surface area contributed by atoms with Crippen molar-refractivity contribution in [1.82, 2.24) is 5.32 Å². The predicted molar refractivity (Wildman–Crippen MR) is 78.3 cm³/mol. The van der Waals surface area contributed by atoms with E-state index in [0.717, 1.165) is 11.1 Å². The standard InChI is InChI=1S/C14H23NO3S/c1-5-18-14-8-7-12(11(3)15-4)9-13(14)10-19(16,17)6-2/h7-9,11,15H,5-6,10H2,1-4H3. The molecule has 0 spiro atoms. The second-order valence-corrected chi connectivity index (χ2v) is 6.84. The molecule has 1 atom stereocenters. The molecule has 1 aromatic carbocycles. The molecule has 0 saturated carbocycles. The van der Waals surface area contributed by atoms with Crippen LogP contribution in [0.1, 0.15) is 37.9 Å². The molecule has 5 heteroatoms. The zero-order chi connectivity index (χ0) is 14.5. The highest BCUT2D eigenvalue weighted by Gasteiger charge is 2.15. The Kier molecular flexibility index (Phi) is 5.82. The van der Waals surface area contributed by atoms with E-state index in [2.05, 4.69) is 5.32 Å². The molecule has 1 N–H and O–H groups in total. The average molecular weight is 285 g/mol. The summed E-state index contributed by atoms with van der Waals surface area (Å²) in [6.07, 6.45) is 0. The largest absolute Gasteiger partial charge is 0.494 e. The average Bonchev–Trinajstić information content (AvgIpc) is 2.39. The number of benzene rings is 1. The molecule has 0 aliphatic heterocycles. The maximum Gasteiger partial charge on any atom is 0.154 e. The van der Waals surface area contributed by atoms with E-state index in [4.69, 9.17) is 4.74 Å². The summed E-state index contributed by atoms with van der Waals surface area (Å²) in [5.74, 6) is 0.833. The van der Waals surface area contributed by atoms with Crippen LogP contribution in [0, 0.1) is 0 Å². The summed E-state index contributed by atoms with van der Waals surface area (Å²) in [4.78, 5) is 0. The molecule has 1 unspecified atom stereocenters. The Balaban J connectivity index is 3.15. The molecule has 1 aromatic rings. The fourth-order valence-corrected chi connectivity index (χ4v) is 2.69. The highest BCUT2D eigenvalue weighted by molar-refractivity contribution is 7.90. The second-order valence-electron chi connectivity index (χ2n) is 4.49. The van der Waals surface area contributed by atoms with Gasteiger partial charge in [-0.15, -0.1) is 0 Å². The quantitative estimate of drug-likeness (QED) is 0.835. The third kappa shape index (κ3) is 4.51. The minimum Gasteiger partial charge on any atom is -0.494 e. The van der Waals surface area contributed by atoms with Crippen molar-refractivity contribution in [2.45, 2.75) is 32.6 Å².